The van der Waals surface area contributed by atoms with E-state index in [1.165, 1.54) is 32.1 Å². The molecule has 2 fully saturated rings. The summed E-state index contributed by atoms with van der Waals surface area (Å²) in [5.74, 6) is 3.35. The van der Waals surface area contributed by atoms with Gasteiger partial charge in [-0.15, -0.1) is 0 Å². The second-order valence-electron chi connectivity index (χ2n) is 7.78. The molecule has 4 aliphatic carbocycles. The van der Waals surface area contributed by atoms with Gasteiger partial charge in [0.1, 0.15) is 0 Å². The van der Waals surface area contributed by atoms with Gasteiger partial charge < -0.3 is 5.73 Å². The highest BCUT2D eigenvalue weighted by molar-refractivity contribution is 5.25. The number of rotatable bonds is 1. The van der Waals surface area contributed by atoms with Crippen molar-refractivity contribution in [3.05, 3.63) is 36.5 Å². The third-order valence-corrected chi connectivity index (χ3v) is 7.23. The maximum atomic E-state index is 6.19. The van der Waals surface area contributed by atoms with Crippen LogP contribution < -0.4 is 5.73 Å². The highest BCUT2D eigenvalue weighted by atomic mass is 14.7. The van der Waals surface area contributed by atoms with E-state index in [4.69, 9.17) is 5.73 Å². The molecule has 1 heteroatoms. The zero-order valence-corrected chi connectivity index (χ0v) is 12.6. The maximum absolute atomic E-state index is 6.19. The van der Waals surface area contributed by atoms with Gasteiger partial charge in [-0.25, -0.2) is 0 Å². The fraction of sp³-hybridized carbons (Fsp3) is 0.684. The molecular formula is C19H27N. The molecule has 0 heterocycles. The minimum Gasteiger partial charge on any atom is -0.330 e. The standard InChI is InChI=1S/C19H27N/c1-18-10-3-2-5-14(18)7-8-15-16(18)9-12-19(13-20)11-4-6-17(15)19/h2-5,10-11,14-17H,6-9,12-13,20H2,1H3/t14?,15-,16+,17+,18+,19+/m1/s1. The lowest BCUT2D eigenvalue weighted by Gasteiger charge is -2.58. The Hall–Kier alpha value is -0.820. The highest BCUT2D eigenvalue weighted by Crippen LogP contribution is 2.62. The van der Waals surface area contributed by atoms with E-state index in [1.807, 2.05) is 0 Å². The summed E-state index contributed by atoms with van der Waals surface area (Å²) >= 11 is 0. The molecule has 0 radical (unpaired) electrons. The van der Waals surface area contributed by atoms with Crippen LogP contribution in [0.2, 0.25) is 0 Å². The van der Waals surface area contributed by atoms with E-state index < -0.39 is 0 Å². The van der Waals surface area contributed by atoms with Crippen LogP contribution in [0.25, 0.3) is 0 Å². The molecule has 4 aliphatic rings. The van der Waals surface area contributed by atoms with Crippen molar-refractivity contribution in [3.8, 4) is 0 Å². The molecule has 0 amide bonds. The van der Waals surface area contributed by atoms with Crippen molar-refractivity contribution in [2.24, 2.45) is 40.2 Å². The first-order valence-corrected chi connectivity index (χ1v) is 8.43. The van der Waals surface area contributed by atoms with Crippen LogP contribution >= 0.6 is 0 Å². The molecule has 0 saturated heterocycles. The maximum Gasteiger partial charge on any atom is 0.00384 e. The Morgan fingerprint density at radius 3 is 2.85 bits per heavy atom. The Kier molecular flexibility index (Phi) is 2.79. The van der Waals surface area contributed by atoms with Gasteiger partial charge in [0.2, 0.25) is 0 Å². The first-order valence-electron chi connectivity index (χ1n) is 8.43. The Morgan fingerprint density at radius 1 is 1.10 bits per heavy atom. The van der Waals surface area contributed by atoms with Crippen LogP contribution in [0.5, 0.6) is 0 Å². The highest BCUT2D eigenvalue weighted by Gasteiger charge is 2.55. The summed E-state index contributed by atoms with van der Waals surface area (Å²) in [6.07, 6.45) is 21.2. The van der Waals surface area contributed by atoms with E-state index in [-0.39, 0.29) is 0 Å². The number of hydrogen-bond acceptors (Lipinski definition) is 1. The molecule has 2 saturated carbocycles. The van der Waals surface area contributed by atoms with Gasteiger partial charge >= 0.3 is 0 Å². The third kappa shape index (κ3) is 1.53. The minimum absolute atomic E-state index is 0.346. The lowest BCUT2D eigenvalue weighted by Crippen LogP contribution is -2.52. The molecule has 6 atom stereocenters. The smallest absolute Gasteiger partial charge is 0.00384 e. The second-order valence-corrected chi connectivity index (χ2v) is 7.78. The molecule has 0 bridgehead atoms. The molecule has 0 aromatic rings. The molecule has 4 rings (SSSR count). The number of nitrogens with two attached hydrogens (primary N) is 1. The number of allylic oxidation sites excluding steroid dienone is 5. The molecule has 0 aromatic carbocycles. The predicted octanol–water partition coefficient (Wildman–Crippen LogP) is 4.08. The van der Waals surface area contributed by atoms with Gasteiger partial charge in [0.05, 0.1) is 0 Å². The summed E-state index contributed by atoms with van der Waals surface area (Å²) in [6, 6.07) is 0. The average Bonchev–Trinajstić information content (AvgIpc) is 2.91. The first-order chi connectivity index (χ1) is 9.70. The zero-order chi connectivity index (χ0) is 13.8. The average molecular weight is 269 g/mol. The molecular weight excluding hydrogens is 242 g/mol. The van der Waals surface area contributed by atoms with Crippen LogP contribution in [0.15, 0.2) is 36.5 Å². The van der Waals surface area contributed by atoms with Gasteiger partial charge in [-0.1, -0.05) is 43.4 Å². The van der Waals surface area contributed by atoms with E-state index in [9.17, 15) is 0 Å². The fourth-order valence-electron chi connectivity index (χ4n) is 6.06. The molecule has 1 unspecified atom stereocenters. The van der Waals surface area contributed by atoms with E-state index in [1.54, 1.807) is 0 Å². The van der Waals surface area contributed by atoms with Crippen molar-refractivity contribution < 1.29 is 0 Å². The van der Waals surface area contributed by atoms with Crippen molar-refractivity contribution in [2.75, 3.05) is 6.54 Å². The summed E-state index contributed by atoms with van der Waals surface area (Å²) in [4.78, 5) is 0. The molecule has 20 heavy (non-hydrogen) atoms. The van der Waals surface area contributed by atoms with Crippen molar-refractivity contribution in [1.82, 2.24) is 0 Å². The molecule has 2 N–H and O–H groups in total. The van der Waals surface area contributed by atoms with Crippen LogP contribution in [-0.4, -0.2) is 6.54 Å². The van der Waals surface area contributed by atoms with Gasteiger partial charge in [-0.05, 0) is 61.2 Å². The van der Waals surface area contributed by atoms with Crippen LogP contribution in [-0.2, 0) is 0 Å². The normalized spacial score (nSPS) is 52.5. The second kappa shape index (κ2) is 4.34. The largest absolute Gasteiger partial charge is 0.330 e. The summed E-state index contributed by atoms with van der Waals surface area (Å²) in [7, 11) is 0. The first kappa shape index (κ1) is 12.9. The molecule has 1 nitrogen and oxygen atoms in total. The molecule has 0 aliphatic heterocycles. The Labute approximate surface area is 123 Å². The van der Waals surface area contributed by atoms with Gasteiger partial charge in [0.25, 0.3) is 0 Å². The van der Waals surface area contributed by atoms with E-state index in [2.05, 4.69) is 43.4 Å². The monoisotopic (exact) mass is 269 g/mol. The zero-order valence-electron chi connectivity index (χ0n) is 12.6. The SMILES string of the molecule is C[C@]12C=CC=CC1CC[C@H]1[C@@H]3CC=C[C@@]3(CN)CC[C@@H]12. The molecule has 0 spiro atoms. The fourth-order valence-corrected chi connectivity index (χ4v) is 6.06. The quantitative estimate of drug-likeness (QED) is 0.713. The lowest BCUT2D eigenvalue weighted by atomic mass is 9.47. The number of hydrogen-bond donors (Lipinski definition) is 1. The molecule has 0 aromatic heterocycles. The van der Waals surface area contributed by atoms with Crippen molar-refractivity contribution >= 4 is 0 Å². The Morgan fingerprint density at radius 2 is 2.00 bits per heavy atom. The predicted molar refractivity (Wildman–Crippen MR) is 84.1 cm³/mol. The van der Waals surface area contributed by atoms with Gasteiger partial charge in [0.15, 0.2) is 0 Å². The summed E-state index contributed by atoms with van der Waals surface area (Å²) < 4.78 is 0. The van der Waals surface area contributed by atoms with E-state index in [0.717, 1.165) is 30.2 Å². The van der Waals surface area contributed by atoms with Crippen LogP contribution in [0.4, 0.5) is 0 Å². The van der Waals surface area contributed by atoms with Crippen molar-refractivity contribution in [3.63, 3.8) is 0 Å². The lowest BCUT2D eigenvalue weighted by molar-refractivity contribution is -0.0472. The minimum atomic E-state index is 0.346. The summed E-state index contributed by atoms with van der Waals surface area (Å²) in [6.45, 7) is 3.37. The van der Waals surface area contributed by atoms with Crippen LogP contribution in [0, 0.1) is 34.5 Å². The van der Waals surface area contributed by atoms with Crippen molar-refractivity contribution in [1.29, 1.82) is 0 Å². The Bertz CT molecular complexity index is 488. The van der Waals surface area contributed by atoms with E-state index in [0.29, 0.717) is 10.8 Å². The van der Waals surface area contributed by atoms with Gasteiger partial charge in [-0.2, -0.15) is 0 Å². The summed E-state index contributed by atoms with van der Waals surface area (Å²) in [5.41, 5.74) is 6.94. The van der Waals surface area contributed by atoms with Gasteiger partial charge in [-0.3, -0.25) is 0 Å². The van der Waals surface area contributed by atoms with Gasteiger partial charge in [0, 0.05) is 12.0 Å². The number of fused-ring (bicyclic) bond motifs is 5. The molecule has 108 valence electrons. The van der Waals surface area contributed by atoms with Crippen molar-refractivity contribution in [2.45, 2.75) is 39.0 Å². The Balaban J connectivity index is 1.69. The summed E-state index contributed by atoms with van der Waals surface area (Å²) in [5, 5.41) is 0. The third-order valence-electron chi connectivity index (χ3n) is 7.23. The van der Waals surface area contributed by atoms with E-state index >= 15 is 0 Å². The van der Waals surface area contributed by atoms with Crippen LogP contribution in [0.3, 0.4) is 0 Å². The topological polar surface area (TPSA) is 26.0 Å². The van der Waals surface area contributed by atoms with Crippen LogP contribution in [0.1, 0.15) is 39.0 Å².